The van der Waals surface area contributed by atoms with Crippen molar-refractivity contribution in [2.45, 2.75) is 32.6 Å². The Bertz CT molecular complexity index is 326. The Morgan fingerprint density at radius 2 is 1.78 bits per heavy atom. The number of carboxylic acids is 1. The van der Waals surface area contributed by atoms with E-state index in [4.69, 9.17) is 5.11 Å². The van der Waals surface area contributed by atoms with E-state index in [1.807, 2.05) is 0 Å². The van der Waals surface area contributed by atoms with Crippen LogP contribution < -0.4 is 10.6 Å². The van der Waals surface area contributed by atoms with Crippen LogP contribution in [0, 0.1) is 0 Å². The molecule has 0 bridgehead atoms. The van der Waals surface area contributed by atoms with Crippen molar-refractivity contribution in [2.75, 3.05) is 13.1 Å². The second-order valence-electron chi connectivity index (χ2n) is 4.02. The SMILES string of the molecule is C=C(C)C(=O)NCC(=O)NCCCCCC(=O)O. The van der Waals surface area contributed by atoms with Crippen LogP contribution in [0.3, 0.4) is 0 Å². The largest absolute Gasteiger partial charge is 0.481 e. The number of carboxylic acid groups (broad SMARTS) is 1. The van der Waals surface area contributed by atoms with Gasteiger partial charge in [0.05, 0.1) is 6.54 Å². The van der Waals surface area contributed by atoms with E-state index in [1.54, 1.807) is 6.92 Å². The number of carbonyl (C=O) groups is 3. The lowest BCUT2D eigenvalue weighted by Gasteiger charge is -2.06. The van der Waals surface area contributed by atoms with Crippen molar-refractivity contribution < 1.29 is 19.5 Å². The maximum Gasteiger partial charge on any atom is 0.303 e. The summed E-state index contributed by atoms with van der Waals surface area (Å²) in [6, 6.07) is 0. The number of nitrogens with one attached hydrogen (secondary N) is 2. The summed E-state index contributed by atoms with van der Waals surface area (Å²) in [7, 11) is 0. The molecule has 0 atom stereocenters. The highest BCUT2D eigenvalue weighted by Crippen LogP contribution is 1.98. The van der Waals surface area contributed by atoms with Crippen LogP contribution in [0.5, 0.6) is 0 Å². The summed E-state index contributed by atoms with van der Waals surface area (Å²) in [6.45, 7) is 5.44. The smallest absolute Gasteiger partial charge is 0.303 e. The molecule has 0 aliphatic carbocycles. The van der Waals surface area contributed by atoms with Gasteiger partial charge in [-0.25, -0.2) is 0 Å². The highest BCUT2D eigenvalue weighted by Gasteiger charge is 2.05. The van der Waals surface area contributed by atoms with Crippen LogP contribution in [0.2, 0.25) is 0 Å². The average Bonchev–Trinajstić information content (AvgIpc) is 2.29. The summed E-state index contributed by atoms with van der Waals surface area (Å²) in [5.41, 5.74) is 0.358. The summed E-state index contributed by atoms with van der Waals surface area (Å²) < 4.78 is 0. The molecule has 3 N–H and O–H groups in total. The Labute approximate surface area is 106 Å². The molecule has 6 nitrogen and oxygen atoms in total. The molecule has 0 unspecified atom stereocenters. The molecule has 0 aromatic carbocycles. The maximum atomic E-state index is 11.3. The van der Waals surface area contributed by atoms with Crippen molar-refractivity contribution in [3.05, 3.63) is 12.2 Å². The standard InChI is InChI=1S/C12H20N2O4/c1-9(2)12(18)14-8-10(15)13-7-5-3-4-6-11(16)17/h1,3-8H2,2H3,(H,13,15)(H,14,18)(H,16,17). The van der Waals surface area contributed by atoms with Crippen LogP contribution in [-0.4, -0.2) is 36.0 Å². The molecule has 6 heteroatoms. The molecule has 0 radical (unpaired) electrons. The van der Waals surface area contributed by atoms with Crippen LogP contribution in [-0.2, 0) is 14.4 Å². The van der Waals surface area contributed by atoms with Crippen molar-refractivity contribution in [3.63, 3.8) is 0 Å². The first-order valence-corrected chi connectivity index (χ1v) is 5.85. The molecule has 102 valence electrons. The summed E-state index contributed by atoms with van der Waals surface area (Å²) >= 11 is 0. The Kier molecular flexibility index (Phi) is 8.26. The van der Waals surface area contributed by atoms with E-state index < -0.39 is 5.97 Å². The van der Waals surface area contributed by atoms with Gasteiger partial charge in [0.1, 0.15) is 0 Å². The van der Waals surface area contributed by atoms with Crippen molar-refractivity contribution in [2.24, 2.45) is 0 Å². The Morgan fingerprint density at radius 3 is 2.33 bits per heavy atom. The topological polar surface area (TPSA) is 95.5 Å². The first-order valence-electron chi connectivity index (χ1n) is 5.85. The molecule has 0 rings (SSSR count). The lowest BCUT2D eigenvalue weighted by atomic mass is 10.2. The molecule has 0 saturated heterocycles. The van der Waals surface area contributed by atoms with Gasteiger partial charge in [0.25, 0.3) is 0 Å². The molecule has 2 amide bonds. The number of hydrogen-bond acceptors (Lipinski definition) is 3. The minimum Gasteiger partial charge on any atom is -0.481 e. The van der Waals surface area contributed by atoms with Gasteiger partial charge in [-0.15, -0.1) is 0 Å². The van der Waals surface area contributed by atoms with Crippen LogP contribution in [0.25, 0.3) is 0 Å². The zero-order chi connectivity index (χ0) is 14.0. The number of rotatable bonds is 9. The monoisotopic (exact) mass is 256 g/mol. The van der Waals surface area contributed by atoms with E-state index in [-0.39, 0.29) is 24.8 Å². The van der Waals surface area contributed by atoms with Gasteiger partial charge in [-0.05, 0) is 19.8 Å². The molecule has 0 heterocycles. The van der Waals surface area contributed by atoms with Crippen molar-refractivity contribution >= 4 is 17.8 Å². The van der Waals surface area contributed by atoms with Crippen molar-refractivity contribution in [3.8, 4) is 0 Å². The second-order valence-corrected chi connectivity index (χ2v) is 4.02. The van der Waals surface area contributed by atoms with Crippen LogP contribution in [0.1, 0.15) is 32.6 Å². The van der Waals surface area contributed by atoms with Crippen molar-refractivity contribution in [1.29, 1.82) is 0 Å². The first-order chi connectivity index (χ1) is 8.43. The normalized spacial score (nSPS) is 9.61. The molecule has 0 fully saturated rings. The molecule has 0 saturated carbocycles. The maximum absolute atomic E-state index is 11.3. The van der Waals surface area contributed by atoms with Crippen LogP contribution >= 0.6 is 0 Å². The van der Waals surface area contributed by atoms with E-state index in [9.17, 15) is 14.4 Å². The zero-order valence-corrected chi connectivity index (χ0v) is 10.6. The summed E-state index contributed by atoms with van der Waals surface area (Å²) in [5.74, 6) is -1.41. The molecular weight excluding hydrogens is 236 g/mol. The predicted octanol–water partition coefficient (Wildman–Crippen LogP) is 0.440. The number of unbranched alkanes of at least 4 members (excludes halogenated alkanes) is 2. The minimum absolute atomic E-state index is 0.0686. The molecule has 0 spiro atoms. The molecular formula is C12H20N2O4. The third-order valence-electron chi connectivity index (χ3n) is 2.19. The van der Waals surface area contributed by atoms with E-state index in [2.05, 4.69) is 17.2 Å². The lowest BCUT2D eigenvalue weighted by Crippen LogP contribution is -2.37. The van der Waals surface area contributed by atoms with Gasteiger partial charge in [0.2, 0.25) is 11.8 Å². The third-order valence-corrected chi connectivity index (χ3v) is 2.19. The van der Waals surface area contributed by atoms with Gasteiger partial charge >= 0.3 is 5.97 Å². The Balaban J connectivity index is 3.45. The zero-order valence-electron chi connectivity index (χ0n) is 10.6. The summed E-state index contributed by atoms with van der Waals surface area (Å²) in [5, 5.41) is 13.5. The highest BCUT2D eigenvalue weighted by atomic mass is 16.4. The summed E-state index contributed by atoms with van der Waals surface area (Å²) in [6.07, 6.45) is 2.25. The summed E-state index contributed by atoms with van der Waals surface area (Å²) in [4.78, 5) is 32.6. The Hall–Kier alpha value is -1.85. The molecule has 0 aliphatic heterocycles. The minimum atomic E-state index is -0.804. The quantitative estimate of drug-likeness (QED) is 0.412. The van der Waals surface area contributed by atoms with E-state index >= 15 is 0 Å². The van der Waals surface area contributed by atoms with E-state index in [0.29, 0.717) is 18.5 Å². The number of hydrogen-bond donors (Lipinski definition) is 3. The third kappa shape index (κ3) is 9.38. The first kappa shape index (κ1) is 16.1. The van der Waals surface area contributed by atoms with Gasteiger partial charge in [0, 0.05) is 18.5 Å². The van der Waals surface area contributed by atoms with Gasteiger partial charge in [-0.3, -0.25) is 14.4 Å². The fraction of sp³-hybridized carbons (Fsp3) is 0.583. The number of amides is 2. The second kappa shape index (κ2) is 9.21. The van der Waals surface area contributed by atoms with Gasteiger partial charge in [-0.2, -0.15) is 0 Å². The lowest BCUT2D eigenvalue weighted by molar-refractivity contribution is -0.137. The fourth-order valence-electron chi connectivity index (χ4n) is 1.18. The fourth-order valence-corrected chi connectivity index (χ4v) is 1.18. The molecule has 18 heavy (non-hydrogen) atoms. The highest BCUT2D eigenvalue weighted by molar-refractivity contribution is 5.94. The van der Waals surface area contributed by atoms with Gasteiger partial charge < -0.3 is 15.7 Å². The van der Waals surface area contributed by atoms with E-state index in [0.717, 1.165) is 12.8 Å². The van der Waals surface area contributed by atoms with Crippen LogP contribution in [0.4, 0.5) is 0 Å². The molecule has 0 aromatic rings. The van der Waals surface area contributed by atoms with E-state index in [1.165, 1.54) is 0 Å². The number of carbonyl (C=O) groups excluding carboxylic acids is 2. The van der Waals surface area contributed by atoms with Crippen LogP contribution in [0.15, 0.2) is 12.2 Å². The predicted molar refractivity (Wildman–Crippen MR) is 66.9 cm³/mol. The van der Waals surface area contributed by atoms with Crippen molar-refractivity contribution in [1.82, 2.24) is 10.6 Å². The molecule has 0 aromatic heterocycles. The van der Waals surface area contributed by atoms with Gasteiger partial charge in [-0.1, -0.05) is 13.0 Å². The van der Waals surface area contributed by atoms with Gasteiger partial charge in [0.15, 0.2) is 0 Å². The average molecular weight is 256 g/mol. The Morgan fingerprint density at radius 1 is 1.11 bits per heavy atom. The number of aliphatic carboxylic acids is 1. The molecule has 0 aliphatic rings.